The van der Waals surface area contributed by atoms with Crippen molar-refractivity contribution in [1.82, 2.24) is 4.98 Å². The molecule has 0 aliphatic heterocycles. The molecule has 0 aromatic carbocycles. The van der Waals surface area contributed by atoms with Gasteiger partial charge in [0.25, 0.3) is 5.19 Å². The highest BCUT2D eigenvalue weighted by Crippen LogP contribution is 2.20. The van der Waals surface area contributed by atoms with Crippen LogP contribution in [-0.4, -0.2) is 17.2 Å². The molecule has 0 amide bonds. The van der Waals surface area contributed by atoms with Crippen molar-refractivity contribution in [1.29, 1.82) is 0 Å². The summed E-state index contributed by atoms with van der Waals surface area (Å²) >= 11 is 1.15. The first-order valence-electron chi connectivity index (χ1n) is 2.01. The standard InChI is InChI=1S/C4H5NO2S/c1-7-3-2-8-4(6)5-3/h2H,1H3,(H,5,6). The van der Waals surface area contributed by atoms with Crippen LogP contribution in [0.1, 0.15) is 0 Å². The number of rotatable bonds is 1. The summed E-state index contributed by atoms with van der Waals surface area (Å²) in [4.78, 5) is 3.58. The third kappa shape index (κ3) is 0.894. The predicted octanol–water partition coefficient (Wildman–Crippen LogP) is 0.857. The van der Waals surface area contributed by atoms with Gasteiger partial charge >= 0.3 is 0 Å². The first-order valence-corrected chi connectivity index (χ1v) is 2.89. The van der Waals surface area contributed by atoms with E-state index in [1.807, 2.05) is 0 Å². The normalized spacial score (nSPS) is 9.12. The van der Waals surface area contributed by atoms with Crippen molar-refractivity contribution in [2.24, 2.45) is 0 Å². The fourth-order valence-electron chi connectivity index (χ4n) is 0.344. The van der Waals surface area contributed by atoms with E-state index >= 15 is 0 Å². The molecule has 0 bridgehead atoms. The molecule has 44 valence electrons. The molecule has 1 aromatic rings. The molecule has 4 heteroatoms. The maximum Gasteiger partial charge on any atom is 0.274 e. The van der Waals surface area contributed by atoms with Gasteiger partial charge in [0.2, 0.25) is 5.88 Å². The van der Waals surface area contributed by atoms with Crippen LogP contribution >= 0.6 is 11.3 Å². The van der Waals surface area contributed by atoms with Crippen LogP contribution in [0, 0.1) is 0 Å². The maximum absolute atomic E-state index is 8.61. The van der Waals surface area contributed by atoms with Gasteiger partial charge in [0.05, 0.1) is 12.5 Å². The van der Waals surface area contributed by atoms with Gasteiger partial charge in [0, 0.05) is 0 Å². The van der Waals surface area contributed by atoms with E-state index in [2.05, 4.69) is 9.72 Å². The molecule has 1 heterocycles. The number of ether oxygens (including phenoxy) is 1. The third-order valence-corrected chi connectivity index (χ3v) is 1.30. The minimum Gasteiger partial charge on any atom is -0.486 e. The lowest BCUT2D eigenvalue weighted by Crippen LogP contribution is -1.79. The van der Waals surface area contributed by atoms with Gasteiger partial charge in [0.1, 0.15) is 0 Å². The van der Waals surface area contributed by atoms with E-state index in [1.54, 1.807) is 5.38 Å². The van der Waals surface area contributed by atoms with E-state index < -0.39 is 0 Å². The van der Waals surface area contributed by atoms with Gasteiger partial charge in [-0.05, 0) is 0 Å². The van der Waals surface area contributed by atoms with Crippen molar-refractivity contribution in [3.63, 3.8) is 0 Å². The van der Waals surface area contributed by atoms with Gasteiger partial charge in [-0.25, -0.2) is 0 Å². The molecule has 0 atom stereocenters. The largest absolute Gasteiger partial charge is 0.486 e. The van der Waals surface area contributed by atoms with Crippen LogP contribution in [0.4, 0.5) is 0 Å². The molecule has 1 rings (SSSR count). The summed E-state index contributed by atoms with van der Waals surface area (Å²) < 4.78 is 4.67. The Labute approximate surface area is 50.6 Å². The number of aromatic nitrogens is 1. The van der Waals surface area contributed by atoms with E-state index in [-0.39, 0.29) is 5.19 Å². The molecule has 0 spiro atoms. The Bertz CT molecular complexity index is 174. The molecule has 0 fully saturated rings. The predicted molar refractivity (Wildman–Crippen MR) is 30.3 cm³/mol. The first-order chi connectivity index (χ1) is 3.83. The smallest absolute Gasteiger partial charge is 0.274 e. The van der Waals surface area contributed by atoms with E-state index in [4.69, 9.17) is 5.11 Å². The van der Waals surface area contributed by atoms with E-state index in [0.29, 0.717) is 5.88 Å². The number of thiazole rings is 1. The topological polar surface area (TPSA) is 42.4 Å². The Morgan fingerprint density at radius 2 is 2.62 bits per heavy atom. The molecule has 0 radical (unpaired) electrons. The van der Waals surface area contributed by atoms with Crippen molar-refractivity contribution in [3.8, 4) is 11.1 Å². The van der Waals surface area contributed by atoms with Crippen LogP contribution < -0.4 is 4.74 Å². The molecule has 0 saturated heterocycles. The van der Waals surface area contributed by atoms with Gasteiger partial charge in [-0.3, -0.25) is 0 Å². The maximum atomic E-state index is 8.61. The van der Waals surface area contributed by atoms with Gasteiger partial charge in [-0.15, -0.1) is 0 Å². The first kappa shape index (κ1) is 5.37. The molecule has 1 N–H and O–H groups in total. The van der Waals surface area contributed by atoms with Crippen molar-refractivity contribution >= 4 is 11.3 Å². The molecular formula is C4H5NO2S. The summed E-state index contributed by atoms with van der Waals surface area (Å²) in [6.45, 7) is 0. The van der Waals surface area contributed by atoms with Crippen molar-refractivity contribution in [2.75, 3.05) is 7.11 Å². The van der Waals surface area contributed by atoms with Crippen molar-refractivity contribution < 1.29 is 9.84 Å². The fraction of sp³-hybridized carbons (Fsp3) is 0.250. The SMILES string of the molecule is COc1csc(O)n1. The lowest BCUT2D eigenvalue weighted by Gasteiger charge is -1.85. The number of nitrogens with zero attached hydrogens (tertiary/aromatic N) is 1. The van der Waals surface area contributed by atoms with Crippen LogP contribution in [0.15, 0.2) is 5.38 Å². The van der Waals surface area contributed by atoms with E-state index in [1.165, 1.54) is 7.11 Å². The Morgan fingerprint density at radius 1 is 1.88 bits per heavy atom. The van der Waals surface area contributed by atoms with Crippen molar-refractivity contribution in [3.05, 3.63) is 5.38 Å². The molecule has 3 nitrogen and oxygen atoms in total. The Morgan fingerprint density at radius 3 is 2.88 bits per heavy atom. The second-order valence-corrected chi connectivity index (χ2v) is 2.01. The van der Waals surface area contributed by atoms with Gasteiger partial charge in [0.15, 0.2) is 0 Å². The summed E-state index contributed by atoms with van der Waals surface area (Å²) in [5, 5.41) is 10.3. The number of aromatic hydroxyl groups is 1. The van der Waals surface area contributed by atoms with Gasteiger partial charge < -0.3 is 9.84 Å². The second kappa shape index (κ2) is 2.00. The quantitative estimate of drug-likeness (QED) is 0.614. The molecule has 0 saturated carbocycles. The minimum atomic E-state index is 0.0434. The highest BCUT2D eigenvalue weighted by molar-refractivity contribution is 7.11. The van der Waals surface area contributed by atoms with Crippen LogP contribution in [-0.2, 0) is 0 Å². The van der Waals surface area contributed by atoms with Gasteiger partial charge in [-0.2, -0.15) is 4.98 Å². The van der Waals surface area contributed by atoms with Crippen LogP contribution in [0.3, 0.4) is 0 Å². The number of hydrogen-bond donors (Lipinski definition) is 1. The van der Waals surface area contributed by atoms with Crippen LogP contribution in [0.5, 0.6) is 11.1 Å². The highest BCUT2D eigenvalue weighted by atomic mass is 32.1. The molecule has 0 unspecified atom stereocenters. The molecular weight excluding hydrogens is 126 g/mol. The Hall–Kier alpha value is -0.770. The summed E-state index contributed by atoms with van der Waals surface area (Å²) in [7, 11) is 1.51. The molecule has 0 aliphatic carbocycles. The average molecular weight is 131 g/mol. The summed E-state index contributed by atoms with van der Waals surface area (Å²) in [6.07, 6.45) is 0. The minimum absolute atomic E-state index is 0.0434. The Kier molecular flexibility index (Phi) is 1.34. The monoisotopic (exact) mass is 131 g/mol. The summed E-state index contributed by atoms with van der Waals surface area (Å²) in [6, 6.07) is 0. The lowest BCUT2D eigenvalue weighted by atomic mass is 10.9. The van der Waals surface area contributed by atoms with Crippen molar-refractivity contribution in [2.45, 2.75) is 0 Å². The number of hydrogen-bond acceptors (Lipinski definition) is 4. The molecule has 0 aliphatic rings. The number of methoxy groups -OCH3 is 1. The zero-order valence-electron chi connectivity index (χ0n) is 4.29. The lowest BCUT2D eigenvalue weighted by molar-refractivity contribution is 0.389. The van der Waals surface area contributed by atoms with Crippen LogP contribution in [0.25, 0.3) is 0 Å². The Balaban J connectivity index is 2.84. The highest BCUT2D eigenvalue weighted by Gasteiger charge is 1.95. The summed E-state index contributed by atoms with van der Waals surface area (Å²) in [5.41, 5.74) is 0. The fourth-order valence-corrected chi connectivity index (χ4v) is 0.842. The van der Waals surface area contributed by atoms with E-state index in [0.717, 1.165) is 11.3 Å². The van der Waals surface area contributed by atoms with E-state index in [9.17, 15) is 0 Å². The zero-order valence-corrected chi connectivity index (χ0v) is 5.10. The van der Waals surface area contributed by atoms with Gasteiger partial charge in [-0.1, -0.05) is 11.3 Å². The van der Waals surface area contributed by atoms with Crippen LogP contribution in [0.2, 0.25) is 0 Å². The molecule has 8 heavy (non-hydrogen) atoms. The second-order valence-electron chi connectivity index (χ2n) is 1.17. The zero-order chi connectivity index (χ0) is 5.98. The third-order valence-electron chi connectivity index (χ3n) is 0.680. The molecule has 1 aromatic heterocycles. The average Bonchev–Trinajstić information content (AvgIpc) is 2.14. The summed E-state index contributed by atoms with van der Waals surface area (Å²) in [5.74, 6) is 0.465.